The molecule has 1 rings (SSSR count). The predicted octanol–water partition coefficient (Wildman–Crippen LogP) is -0.773. The molecule has 0 spiro atoms. The van der Waals surface area contributed by atoms with Gasteiger partial charge in [-0.3, -0.25) is 14.4 Å². The molecule has 1 atom stereocenters. The topological polar surface area (TPSA) is 134 Å². The first-order valence-electron chi connectivity index (χ1n) is 6.52. The van der Waals surface area contributed by atoms with Gasteiger partial charge < -0.3 is 16.2 Å². The molecule has 8 heteroatoms. The zero-order valence-electron chi connectivity index (χ0n) is 12.1. The van der Waals surface area contributed by atoms with Crippen LogP contribution in [0, 0.1) is 0 Å². The maximum absolute atomic E-state index is 11.6. The predicted molar refractivity (Wildman–Crippen MR) is 80.2 cm³/mol. The Balaban J connectivity index is 2.52. The molecule has 0 aliphatic heterocycles. The molecule has 0 saturated heterocycles. The van der Waals surface area contributed by atoms with Gasteiger partial charge in [0.1, 0.15) is 6.54 Å². The minimum Gasteiger partial charge on any atom is -0.480 e. The van der Waals surface area contributed by atoms with Crippen molar-refractivity contribution in [3.63, 3.8) is 0 Å². The molecule has 0 fully saturated rings. The van der Waals surface area contributed by atoms with Gasteiger partial charge in [0.15, 0.2) is 0 Å². The molecule has 1 aromatic rings. The Bertz CT molecular complexity index is 569. The number of hydrogen-bond acceptors (Lipinski definition) is 5. The van der Waals surface area contributed by atoms with E-state index in [-0.39, 0.29) is 12.3 Å². The molecule has 0 aliphatic carbocycles. The third-order valence-corrected chi connectivity index (χ3v) is 2.62. The number of hydrogen-bond donors (Lipinski definition) is 4. The van der Waals surface area contributed by atoms with Gasteiger partial charge in [-0.05, 0) is 17.5 Å². The van der Waals surface area contributed by atoms with Gasteiger partial charge in [0.05, 0.1) is 12.3 Å². The minimum absolute atomic E-state index is 0.258. The molecule has 1 aromatic carbocycles. The van der Waals surface area contributed by atoms with Crippen molar-refractivity contribution in [2.75, 3.05) is 6.54 Å². The third kappa shape index (κ3) is 6.62. The number of carboxylic acid groups (broad SMARTS) is 1. The highest BCUT2D eigenvalue weighted by Gasteiger charge is 2.14. The van der Waals surface area contributed by atoms with Crippen LogP contribution in [0.25, 0.3) is 0 Å². The molecular formula is C14H18N4O4. The van der Waals surface area contributed by atoms with Crippen molar-refractivity contribution in [1.29, 1.82) is 0 Å². The smallest absolute Gasteiger partial charge is 0.322 e. The van der Waals surface area contributed by atoms with Crippen LogP contribution >= 0.6 is 0 Å². The number of aliphatic carboxylic acids is 1. The van der Waals surface area contributed by atoms with E-state index in [1.165, 1.54) is 13.1 Å². The second kappa shape index (κ2) is 8.53. The van der Waals surface area contributed by atoms with Gasteiger partial charge in [0.2, 0.25) is 11.8 Å². The average molecular weight is 306 g/mol. The normalized spacial score (nSPS) is 11.9. The number of benzene rings is 1. The number of nitrogens with two attached hydrogens (primary N) is 1. The van der Waals surface area contributed by atoms with E-state index < -0.39 is 24.5 Å². The van der Waals surface area contributed by atoms with Crippen molar-refractivity contribution in [2.24, 2.45) is 10.8 Å². The highest BCUT2D eigenvalue weighted by atomic mass is 16.4. The molecule has 1 unspecified atom stereocenters. The Morgan fingerprint density at radius 3 is 2.50 bits per heavy atom. The van der Waals surface area contributed by atoms with Gasteiger partial charge in [0.25, 0.3) is 0 Å². The number of nitrogens with one attached hydrogen (secondary N) is 2. The van der Waals surface area contributed by atoms with E-state index in [0.717, 1.165) is 11.1 Å². The van der Waals surface area contributed by atoms with Gasteiger partial charge in [-0.25, -0.2) is 5.43 Å². The van der Waals surface area contributed by atoms with E-state index in [2.05, 4.69) is 15.8 Å². The van der Waals surface area contributed by atoms with Gasteiger partial charge >= 0.3 is 5.97 Å². The Morgan fingerprint density at radius 2 is 1.95 bits per heavy atom. The molecule has 0 heterocycles. The second-order valence-corrected chi connectivity index (χ2v) is 4.59. The van der Waals surface area contributed by atoms with E-state index in [1.54, 1.807) is 24.3 Å². The molecular weight excluding hydrogens is 288 g/mol. The molecule has 0 radical (unpaired) electrons. The van der Waals surface area contributed by atoms with E-state index in [0.29, 0.717) is 0 Å². The summed E-state index contributed by atoms with van der Waals surface area (Å²) in [7, 11) is 0. The van der Waals surface area contributed by atoms with Crippen LogP contribution in [-0.4, -0.2) is 41.7 Å². The zero-order valence-corrected chi connectivity index (χ0v) is 12.1. The SMILES string of the molecule is CC(=O)N/N=C/c1ccc(CC(N)C(=O)NCC(=O)O)cc1. The van der Waals surface area contributed by atoms with Crippen molar-refractivity contribution in [2.45, 2.75) is 19.4 Å². The first-order chi connectivity index (χ1) is 10.4. The standard InChI is InChI=1S/C14H18N4O4/c1-9(19)18-17-7-11-4-2-10(3-5-11)6-12(15)14(22)16-8-13(20)21/h2-5,7,12H,6,8,15H2,1H3,(H,16,22)(H,18,19)(H,20,21)/b17-7+. The van der Waals surface area contributed by atoms with E-state index in [9.17, 15) is 14.4 Å². The molecule has 2 amide bonds. The van der Waals surface area contributed by atoms with E-state index in [1.807, 2.05) is 0 Å². The Kier molecular flexibility index (Phi) is 6.71. The second-order valence-electron chi connectivity index (χ2n) is 4.59. The fourth-order valence-corrected chi connectivity index (χ4v) is 1.58. The largest absolute Gasteiger partial charge is 0.480 e. The molecule has 118 valence electrons. The van der Waals surface area contributed by atoms with E-state index >= 15 is 0 Å². The number of carbonyl (C=O) groups is 3. The highest BCUT2D eigenvalue weighted by molar-refractivity contribution is 5.85. The number of amides is 2. The van der Waals surface area contributed by atoms with Gasteiger partial charge in [0, 0.05) is 6.92 Å². The van der Waals surface area contributed by atoms with Crippen LogP contribution in [0.15, 0.2) is 29.4 Å². The summed E-state index contributed by atoms with van der Waals surface area (Å²) < 4.78 is 0. The van der Waals surface area contributed by atoms with E-state index in [4.69, 9.17) is 10.8 Å². The molecule has 0 aromatic heterocycles. The zero-order chi connectivity index (χ0) is 16.5. The Hall–Kier alpha value is -2.74. The summed E-state index contributed by atoms with van der Waals surface area (Å²) in [6.07, 6.45) is 1.78. The fraction of sp³-hybridized carbons (Fsp3) is 0.286. The molecule has 0 aliphatic rings. The Labute approximate surface area is 127 Å². The lowest BCUT2D eigenvalue weighted by Crippen LogP contribution is -2.43. The average Bonchev–Trinajstić information content (AvgIpc) is 2.46. The highest BCUT2D eigenvalue weighted by Crippen LogP contribution is 2.05. The summed E-state index contributed by atoms with van der Waals surface area (Å²) in [6.45, 7) is 0.905. The summed E-state index contributed by atoms with van der Waals surface area (Å²) in [6, 6.07) is 6.27. The number of rotatable bonds is 7. The van der Waals surface area contributed by atoms with Gasteiger partial charge in [-0.15, -0.1) is 0 Å². The maximum Gasteiger partial charge on any atom is 0.322 e. The molecule has 5 N–H and O–H groups in total. The lowest BCUT2D eigenvalue weighted by atomic mass is 10.0. The lowest BCUT2D eigenvalue weighted by Gasteiger charge is -2.11. The van der Waals surface area contributed by atoms with Crippen molar-refractivity contribution < 1.29 is 19.5 Å². The first-order valence-corrected chi connectivity index (χ1v) is 6.52. The van der Waals surface area contributed by atoms with Crippen molar-refractivity contribution >= 4 is 24.0 Å². The lowest BCUT2D eigenvalue weighted by molar-refractivity contribution is -0.138. The minimum atomic E-state index is -1.12. The van der Waals surface area contributed by atoms with Crippen LogP contribution in [0.4, 0.5) is 0 Å². The third-order valence-electron chi connectivity index (χ3n) is 2.62. The first kappa shape index (κ1) is 17.3. The molecule has 0 saturated carbocycles. The molecule has 22 heavy (non-hydrogen) atoms. The molecule has 8 nitrogen and oxygen atoms in total. The van der Waals surface area contributed by atoms with Crippen LogP contribution in [0.2, 0.25) is 0 Å². The summed E-state index contributed by atoms with van der Waals surface area (Å²) in [5.74, 6) is -1.90. The number of carboxylic acids is 1. The monoisotopic (exact) mass is 306 g/mol. The van der Waals surface area contributed by atoms with Crippen LogP contribution in [0.3, 0.4) is 0 Å². The number of nitrogens with zero attached hydrogens (tertiary/aromatic N) is 1. The molecule has 0 bridgehead atoms. The fourth-order valence-electron chi connectivity index (χ4n) is 1.58. The maximum atomic E-state index is 11.6. The number of hydrazone groups is 1. The summed E-state index contributed by atoms with van der Waals surface area (Å²) >= 11 is 0. The van der Waals surface area contributed by atoms with Crippen LogP contribution < -0.4 is 16.5 Å². The van der Waals surface area contributed by atoms with Crippen LogP contribution in [-0.2, 0) is 20.8 Å². The number of carbonyl (C=O) groups excluding carboxylic acids is 2. The van der Waals surface area contributed by atoms with Crippen molar-refractivity contribution in [3.05, 3.63) is 35.4 Å². The quantitative estimate of drug-likeness (QED) is 0.387. The Morgan fingerprint density at radius 1 is 1.32 bits per heavy atom. The summed E-state index contributed by atoms with van der Waals surface area (Å²) in [5.41, 5.74) is 9.60. The van der Waals surface area contributed by atoms with Crippen LogP contribution in [0.1, 0.15) is 18.1 Å². The summed E-state index contributed by atoms with van der Waals surface area (Å²) in [5, 5.41) is 14.4. The summed E-state index contributed by atoms with van der Waals surface area (Å²) in [4.78, 5) is 32.6. The van der Waals surface area contributed by atoms with Gasteiger partial charge in [-0.1, -0.05) is 24.3 Å². The van der Waals surface area contributed by atoms with Crippen molar-refractivity contribution in [1.82, 2.24) is 10.7 Å². The van der Waals surface area contributed by atoms with Crippen molar-refractivity contribution in [3.8, 4) is 0 Å². The van der Waals surface area contributed by atoms with Crippen LogP contribution in [0.5, 0.6) is 0 Å². The van der Waals surface area contributed by atoms with Gasteiger partial charge in [-0.2, -0.15) is 5.10 Å².